The number of carbonyl (C=O) groups is 2. The highest BCUT2D eigenvalue weighted by Crippen LogP contribution is 2.39. The first-order valence-corrected chi connectivity index (χ1v) is 14.1. The average Bonchev–Trinajstić information content (AvgIpc) is 2.86. The lowest BCUT2D eigenvalue weighted by atomic mass is 9.70. The highest BCUT2D eigenvalue weighted by atomic mass is 32.2. The van der Waals surface area contributed by atoms with Crippen LogP contribution in [0, 0.1) is 18.3 Å². The molecule has 1 aromatic heterocycles. The van der Waals surface area contributed by atoms with Crippen LogP contribution in [0.2, 0.25) is 0 Å². The van der Waals surface area contributed by atoms with E-state index >= 15 is 0 Å². The van der Waals surface area contributed by atoms with Crippen molar-refractivity contribution in [1.82, 2.24) is 9.29 Å². The summed E-state index contributed by atoms with van der Waals surface area (Å²) < 4.78 is 31.6. The second-order valence-corrected chi connectivity index (χ2v) is 13.3. The summed E-state index contributed by atoms with van der Waals surface area (Å²) in [7, 11) is -0.783. The minimum Gasteiger partial charge on any atom is -0.452 e. The summed E-state index contributed by atoms with van der Waals surface area (Å²) in [6, 6.07) is 12.0. The molecule has 0 spiro atoms. The van der Waals surface area contributed by atoms with E-state index in [1.165, 1.54) is 26.2 Å². The van der Waals surface area contributed by atoms with Gasteiger partial charge in [-0.2, -0.15) is 0 Å². The number of pyridine rings is 1. The predicted octanol–water partition coefficient (Wildman–Crippen LogP) is 4.74. The maximum absolute atomic E-state index is 13.5. The van der Waals surface area contributed by atoms with Gasteiger partial charge in [0.1, 0.15) is 0 Å². The van der Waals surface area contributed by atoms with Gasteiger partial charge in [-0.25, -0.2) is 17.5 Å². The third kappa shape index (κ3) is 5.59. The molecule has 0 saturated carbocycles. The van der Waals surface area contributed by atoms with Gasteiger partial charge in [-0.15, -0.1) is 0 Å². The molecule has 1 unspecified atom stereocenters. The number of sulfonamides is 1. The van der Waals surface area contributed by atoms with Crippen molar-refractivity contribution in [1.29, 1.82) is 0 Å². The number of ether oxygens (including phenoxy) is 1. The van der Waals surface area contributed by atoms with E-state index in [-0.39, 0.29) is 10.3 Å². The molecule has 1 amide bonds. The Balaban J connectivity index is 1.57. The summed E-state index contributed by atoms with van der Waals surface area (Å²) in [6.45, 7) is 7.88. The largest absolute Gasteiger partial charge is 0.452 e. The van der Waals surface area contributed by atoms with Crippen LogP contribution in [0.1, 0.15) is 54.4 Å². The molecule has 3 aromatic rings. The Morgan fingerprint density at radius 1 is 1.13 bits per heavy atom. The molecule has 202 valence electrons. The molecule has 1 atom stereocenters. The number of fused-ring (bicyclic) bond motifs is 2. The number of rotatable bonds is 6. The molecule has 4 rings (SSSR count). The molecule has 1 heterocycles. The zero-order valence-corrected chi connectivity index (χ0v) is 23.6. The van der Waals surface area contributed by atoms with Crippen LogP contribution in [0.4, 0.5) is 5.69 Å². The number of carbonyl (C=O) groups excluding carboxylic acids is 2. The van der Waals surface area contributed by atoms with Crippen LogP contribution in [0.3, 0.4) is 0 Å². The molecule has 1 N–H and O–H groups in total. The summed E-state index contributed by atoms with van der Waals surface area (Å²) in [6.07, 6.45) is 2.51. The molecule has 1 aliphatic carbocycles. The SMILES string of the molecule is Cc1ccc(S(=O)(=O)N(C)C)cc1NC(=O)COC(=O)c1c2c(nc3ccccc13)CCC(C(C)(C)C)C2. The number of para-hydroxylation sites is 1. The third-order valence-electron chi connectivity index (χ3n) is 7.28. The van der Waals surface area contributed by atoms with E-state index in [2.05, 4.69) is 26.1 Å². The Labute approximate surface area is 224 Å². The third-order valence-corrected chi connectivity index (χ3v) is 9.10. The first-order valence-electron chi connectivity index (χ1n) is 12.7. The van der Waals surface area contributed by atoms with Crippen molar-refractivity contribution >= 4 is 38.5 Å². The molecule has 0 aliphatic heterocycles. The second-order valence-electron chi connectivity index (χ2n) is 11.1. The highest BCUT2D eigenvalue weighted by molar-refractivity contribution is 7.89. The molecule has 0 bridgehead atoms. The molecule has 9 heteroatoms. The van der Waals surface area contributed by atoms with Gasteiger partial charge in [-0.3, -0.25) is 9.78 Å². The monoisotopic (exact) mass is 537 g/mol. The average molecular weight is 538 g/mol. The van der Waals surface area contributed by atoms with Crippen LogP contribution in [-0.2, 0) is 32.4 Å². The Bertz CT molecular complexity index is 1510. The second kappa shape index (κ2) is 10.5. The van der Waals surface area contributed by atoms with Gasteiger partial charge in [0.2, 0.25) is 10.0 Å². The van der Waals surface area contributed by atoms with Crippen LogP contribution in [0.25, 0.3) is 10.9 Å². The molecule has 0 radical (unpaired) electrons. The van der Waals surface area contributed by atoms with E-state index in [1.807, 2.05) is 24.3 Å². The van der Waals surface area contributed by atoms with E-state index in [1.54, 1.807) is 13.0 Å². The van der Waals surface area contributed by atoms with Gasteiger partial charge in [-0.05, 0) is 66.8 Å². The van der Waals surface area contributed by atoms with Gasteiger partial charge in [0.05, 0.1) is 16.0 Å². The minimum absolute atomic E-state index is 0.0590. The molecule has 1 aliphatic rings. The van der Waals surface area contributed by atoms with Crippen molar-refractivity contribution in [3.8, 4) is 0 Å². The van der Waals surface area contributed by atoms with Gasteiger partial charge in [0.15, 0.2) is 6.61 Å². The Morgan fingerprint density at radius 3 is 2.53 bits per heavy atom. The van der Waals surface area contributed by atoms with Crippen molar-refractivity contribution < 1.29 is 22.7 Å². The quantitative estimate of drug-likeness (QED) is 0.456. The molecule has 2 aromatic carbocycles. The fourth-order valence-corrected chi connectivity index (χ4v) is 5.79. The topological polar surface area (TPSA) is 106 Å². The van der Waals surface area contributed by atoms with E-state index in [4.69, 9.17) is 9.72 Å². The summed E-state index contributed by atoms with van der Waals surface area (Å²) in [5, 5.41) is 3.40. The number of nitrogens with zero attached hydrogens (tertiary/aromatic N) is 2. The first-order chi connectivity index (χ1) is 17.8. The highest BCUT2D eigenvalue weighted by Gasteiger charge is 2.33. The summed E-state index contributed by atoms with van der Waals surface area (Å²) >= 11 is 0. The predicted molar refractivity (Wildman–Crippen MR) is 148 cm³/mol. The summed E-state index contributed by atoms with van der Waals surface area (Å²) in [4.78, 5) is 31.1. The van der Waals surface area contributed by atoms with E-state index in [0.29, 0.717) is 28.1 Å². The zero-order chi connectivity index (χ0) is 27.8. The van der Waals surface area contributed by atoms with Crippen LogP contribution in [-0.4, -0.2) is 50.3 Å². The van der Waals surface area contributed by atoms with Gasteiger partial charge < -0.3 is 10.1 Å². The minimum atomic E-state index is -3.67. The number of amides is 1. The maximum atomic E-state index is 13.5. The lowest BCUT2D eigenvalue weighted by molar-refractivity contribution is -0.119. The Hall–Kier alpha value is -3.30. The number of benzene rings is 2. The fourth-order valence-electron chi connectivity index (χ4n) is 4.86. The maximum Gasteiger partial charge on any atom is 0.339 e. The molecule has 0 fully saturated rings. The number of nitrogens with one attached hydrogen (secondary N) is 1. The number of esters is 1. The smallest absolute Gasteiger partial charge is 0.339 e. The fraction of sp³-hybridized carbons (Fsp3) is 0.414. The van der Waals surface area contributed by atoms with E-state index in [0.717, 1.165) is 40.3 Å². The number of aryl methyl sites for hydroxylation is 2. The van der Waals surface area contributed by atoms with Gasteiger partial charge in [0.25, 0.3) is 5.91 Å². The van der Waals surface area contributed by atoms with Crippen LogP contribution >= 0.6 is 0 Å². The normalized spacial score (nSPS) is 15.8. The number of anilines is 1. The Morgan fingerprint density at radius 2 is 1.84 bits per heavy atom. The van der Waals surface area contributed by atoms with Crippen molar-refractivity contribution in [2.45, 2.75) is 51.9 Å². The molecule has 38 heavy (non-hydrogen) atoms. The molecular weight excluding hydrogens is 502 g/mol. The molecule has 0 saturated heterocycles. The number of hydrogen-bond acceptors (Lipinski definition) is 6. The van der Waals surface area contributed by atoms with Crippen LogP contribution in [0.15, 0.2) is 47.4 Å². The van der Waals surface area contributed by atoms with Crippen LogP contribution < -0.4 is 5.32 Å². The van der Waals surface area contributed by atoms with Gasteiger partial charge in [-0.1, -0.05) is 45.0 Å². The zero-order valence-electron chi connectivity index (χ0n) is 22.8. The van der Waals surface area contributed by atoms with Crippen molar-refractivity contribution in [3.63, 3.8) is 0 Å². The molecule has 8 nitrogen and oxygen atoms in total. The lowest BCUT2D eigenvalue weighted by Crippen LogP contribution is -2.29. The summed E-state index contributed by atoms with van der Waals surface area (Å²) in [5.41, 5.74) is 4.12. The van der Waals surface area contributed by atoms with Crippen molar-refractivity contribution in [2.75, 3.05) is 26.0 Å². The standard InChI is InChI=1S/C29H35N3O5S/c1-18-11-13-20(38(35,36)32(5)6)16-25(18)31-26(33)17-37-28(34)27-21-9-7-8-10-23(21)30-24-14-12-19(15-22(24)27)29(2,3)4/h7-11,13,16,19H,12,14-15,17H2,1-6H3,(H,31,33). The first kappa shape index (κ1) is 27.7. The number of hydrogen-bond donors (Lipinski definition) is 1. The van der Waals surface area contributed by atoms with Crippen molar-refractivity contribution in [3.05, 3.63) is 64.8 Å². The van der Waals surface area contributed by atoms with E-state index in [9.17, 15) is 18.0 Å². The Kier molecular flexibility index (Phi) is 7.63. The van der Waals surface area contributed by atoms with Gasteiger partial charge in [0, 0.05) is 30.9 Å². The number of aromatic nitrogens is 1. The van der Waals surface area contributed by atoms with Gasteiger partial charge >= 0.3 is 5.97 Å². The summed E-state index contributed by atoms with van der Waals surface area (Å²) in [5.74, 6) is -0.729. The lowest BCUT2D eigenvalue weighted by Gasteiger charge is -2.35. The molecular formula is C29H35N3O5S. The van der Waals surface area contributed by atoms with Crippen molar-refractivity contribution in [2.24, 2.45) is 11.3 Å². The van der Waals surface area contributed by atoms with E-state index < -0.39 is 28.5 Å². The van der Waals surface area contributed by atoms with Crippen LogP contribution in [0.5, 0.6) is 0 Å².